The molecule has 4 nitrogen and oxygen atoms in total. The van der Waals surface area contributed by atoms with Crippen LogP contribution in [-0.2, 0) is 4.79 Å². The van der Waals surface area contributed by atoms with Crippen LogP contribution < -0.4 is 10.6 Å². The maximum absolute atomic E-state index is 12.2. The van der Waals surface area contributed by atoms with E-state index in [0.29, 0.717) is 28.4 Å². The third kappa shape index (κ3) is 2.32. The average Bonchev–Trinajstić information content (AvgIpc) is 3.01. The number of nitriles is 1. The molecule has 2 fully saturated rings. The number of rotatable bonds is 2. The minimum Gasteiger partial charge on any atom is -0.326 e. The van der Waals surface area contributed by atoms with Crippen molar-refractivity contribution in [1.29, 1.82) is 5.26 Å². The SMILES string of the molecule is N#Cc1ccc(NC(=O)C2CC3CCC2N3)cc1Cl. The van der Waals surface area contributed by atoms with Crippen LogP contribution in [0.3, 0.4) is 0 Å². The Morgan fingerprint density at radius 3 is 2.89 bits per heavy atom. The van der Waals surface area contributed by atoms with Crippen molar-refractivity contribution >= 4 is 23.2 Å². The molecule has 0 aromatic heterocycles. The largest absolute Gasteiger partial charge is 0.326 e. The second kappa shape index (κ2) is 4.84. The predicted octanol–water partition coefficient (Wildman–Crippen LogP) is 2.29. The molecule has 3 atom stereocenters. The first-order valence-electron chi connectivity index (χ1n) is 6.44. The van der Waals surface area contributed by atoms with Crippen LogP contribution in [0.2, 0.25) is 5.02 Å². The van der Waals surface area contributed by atoms with Gasteiger partial charge in [0.15, 0.2) is 0 Å². The molecule has 19 heavy (non-hydrogen) atoms. The van der Waals surface area contributed by atoms with E-state index >= 15 is 0 Å². The summed E-state index contributed by atoms with van der Waals surface area (Å²) < 4.78 is 0. The molecule has 3 unspecified atom stereocenters. The molecule has 1 amide bonds. The van der Waals surface area contributed by atoms with E-state index in [1.807, 2.05) is 6.07 Å². The Morgan fingerprint density at radius 1 is 1.47 bits per heavy atom. The normalized spacial score (nSPS) is 28.1. The highest BCUT2D eigenvalue weighted by Gasteiger charge is 2.42. The minimum absolute atomic E-state index is 0.0421. The molecule has 5 heteroatoms. The van der Waals surface area contributed by atoms with Crippen molar-refractivity contribution in [3.63, 3.8) is 0 Å². The molecular formula is C14H14ClN3O. The maximum Gasteiger partial charge on any atom is 0.229 e. The van der Waals surface area contributed by atoms with E-state index in [-0.39, 0.29) is 11.8 Å². The van der Waals surface area contributed by atoms with E-state index in [9.17, 15) is 4.79 Å². The van der Waals surface area contributed by atoms with Crippen LogP contribution in [0.4, 0.5) is 5.69 Å². The number of nitrogens with zero attached hydrogens (tertiary/aromatic N) is 1. The molecule has 2 bridgehead atoms. The first-order valence-corrected chi connectivity index (χ1v) is 6.82. The van der Waals surface area contributed by atoms with Gasteiger partial charge in [-0.2, -0.15) is 5.26 Å². The van der Waals surface area contributed by atoms with Crippen LogP contribution in [-0.4, -0.2) is 18.0 Å². The van der Waals surface area contributed by atoms with Gasteiger partial charge in [-0.3, -0.25) is 4.79 Å². The summed E-state index contributed by atoms with van der Waals surface area (Å²) >= 11 is 5.95. The Kier molecular flexibility index (Phi) is 3.17. The molecule has 2 heterocycles. The van der Waals surface area contributed by atoms with Gasteiger partial charge in [-0.05, 0) is 37.5 Å². The molecule has 1 aromatic carbocycles. The van der Waals surface area contributed by atoms with Gasteiger partial charge in [-0.1, -0.05) is 11.6 Å². The summed E-state index contributed by atoms with van der Waals surface area (Å²) in [6, 6.07) is 7.78. The first kappa shape index (κ1) is 12.5. The van der Waals surface area contributed by atoms with Crippen molar-refractivity contribution in [3.8, 4) is 6.07 Å². The molecule has 0 radical (unpaired) electrons. The Bertz CT molecular complexity index is 566. The highest BCUT2D eigenvalue weighted by Crippen LogP contribution is 2.34. The summed E-state index contributed by atoms with van der Waals surface area (Å²) in [6.07, 6.45) is 3.18. The Labute approximate surface area is 116 Å². The second-order valence-electron chi connectivity index (χ2n) is 5.19. The number of halogens is 1. The maximum atomic E-state index is 12.2. The molecule has 0 spiro atoms. The highest BCUT2D eigenvalue weighted by molar-refractivity contribution is 6.32. The van der Waals surface area contributed by atoms with Crippen molar-refractivity contribution in [2.45, 2.75) is 31.3 Å². The van der Waals surface area contributed by atoms with Gasteiger partial charge < -0.3 is 10.6 Å². The quantitative estimate of drug-likeness (QED) is 0.870. The molecule has 1 aromatic rings. The Balaban J connectivity index is 1.70. The van der Waals surface area contributed by atoms with Crippen molar-refractivity contribution in [1.82, 2.24) is 5.32 Å². The average molecular weight is 276 g/mol. The summed E-state index contributed by atoms with van der Waals surface area (Å²) in [5, 5.41) is 15.5. The van der Waals surface area contributed by atoms with Crippen molar-refractivity contribution < 1.29 is 4.79 Å². The smallest absolute Gasteiger partial charge is 0.229 e. The summed E-state index contributed by atoms with van der Waals surface area (Å²) in [5.41, 5.74) is 1.07. The van der Waals surface area contributed by atoms with E-state index in [4.69, 9.17) is 16.9 Å². The monoisotopic (exact) mass is 275 g/mol. The second-order valence-corrected chi connectivity index (χ2v) is 5.59. The molecule has 3 rings (SSSR count). The van der Waals surface area contributed by atoms with Gasteiger partial charge in [0.1, 0.15) is 6.07 Å². The molecule has 0 saturated carbocycles. The summed E-state index contributed by atoms with van der Waals surface area (Å²) in [6.45, 7) is 0. The number of hydrogen-bond donors (Lipinski definition) is 2. The van der Waals surface area contributed by atoms with Crippen LogP contribution >= 0.6 is 11.6 Å². The van der Waals surface area contributed by atoms with Crippen LogP contribution in [0.15, 0.2) is 18.2 Å². The van der Waals surface area contributed by atoms with Crippen molar-refractivity contribution in [2.24, 2.45) is 5.92 Å². The lowest BCUT2D eigenvalue weighted by Crippen LogP contribution is -2.32. The van der Waals surface area contributed by atoms with E-state index in [2.05, 4.69) is 10.6 Å². The predicted molar refractivity (Wildman–Crippen MR) is 72.8 cm³/mol. The van der Waals surface area contributed by atoms with Gasteiger partial charge >= 0.3 is 0 Å². The molecule has 0 aliphatic carbocycles. The zero-order chi connectivity index (χ0) is 13.4. The highest BCUT2D eigenvalue weighted by atomic mass is 35.5. The molecule has 98 valence electrons. The summed E-state index contributed by atoms with van der Waals surface area (Å²) in [7, 11) is 0. The number of carbonyl (C=O) groups is 1. The molecule has 2 saturated heterocycles. The van der Waals surface area contributed by atoms with Crippen molar-refractivity contribution in [2.75, 3.05) is 5.32 Å². The lowest BCUT2D eigenvalue weighted by Gasteiger charge is -2.19. The van der Waals surface area contributed by atoms with Gasteiger partial charge in [0, 0.05) is 17.8 Å². The number of hydrogen-bond acceptors (Lipinski definition) is 3. The third-order valence-corrected chi connectivity index (χ3v) is 4.31. The number of amides is 1. The fourth-order valence-corrected chi connectivity index (χ4v) is 3.26. The first-order chi connectivity index (χ1) is 9.17. The summed E-state index contributed by atoms with van der Waals surface area (Å²) in [5.74, 6) is 0.0913. The lowest BCUT2D eigenvalue weighted by molar-refractivity contribution is -0.120. The van der Waals surface area contributed by atoms with E-state index in [1.54, 1.807) is 18.2 Å². The number of nitrogens with one attached hydrogen (secondary N) is 2. The number of fused-ring (bicyclic) bond motifs is 2. The fraction of sp³-hybridized carbons (Fsp3) is 0.429. The van der Waals surface area contributed by atoms with Gasteiger partial charge in [0.2, 0.25) is 5.91 Å². The van der Waals surface area contributed by atoms with Crippen LogP contribution in [0, 0.1) is 17.2 Å². The zero-order valence-corrected chi connectivity index (χ0v) is 11.1. The lowest BCUT2D eigenvalue weighted by atomic mass is 9.88. The van der Waals surface area contributed by atoms with Crippen LogP contribution in [0.25, 0.3) is 0 Å². The fourth-order valence-electron chi connectivity index (χ4n) is 3.03. The number of anilines is 1. The molecule has 2 N–H and O–H groups in total. The van der Waals surface area contributed by atoms with Gasteiger partial charge in [0.05, 0.1) is 16.5 Å². The number of carbonyl (C=O) groups excluding carboxylic acids is 1. The zero-order valence-electron chi connectivity index (χ0n) is 10.3. The number of benzene rings is 1. The Hall–Kier alpha value is -1.57. The molecular weight excluding hydrogens is 262 g/mol. The molecule has 2 aliphatic rings. The van der Waals surface area contributed by atoms with Gasteiger partial charge in [0.25, 0.3) is 0 Å². The van der Waals surface area contributed by atoms with E-state index in [1.165, 1.54) is 6.42 Å². The van der Waals surface area contributed by atoms with Crippen LogP contribution in [0.1, 0.15) is 24.8 Å². The molecule has 2 aliphatic heterocycles. The van der Waals surface area contributed by atoms with E-state index < -0.39 is 0 Å². The third-order valence-electron chi connectivity index (χ3n) is 3.99. The minimum atomic E-state index is 0.0421. The van der Waals surface area contributed by atoms with Gasteiger partial charge in [-0.25, -0.2) is 0 Å². The van der Waals surface area contributed by atoms with E-state index in [0.717, 1.165) is 12.8 Å². The van der Waals surface area contributed by atoms with Crippen molar-refractivity contribution in [3.05, 3.63) is 28.8 Å². The van der Waals surface area contributed by atoms with Crippen LogP contribution in [0.5, 0.6) is 0 Å². The summed E-state index contributed by atoms with van der Waals surface area (Å²) in [4.78, 5) is 12.2. The Morgan fingerprint density at radius 2 is 2.32 bits per heavy atom. The topological polar surface area (TPSA) is 64.9 Å². The van der Waals surface area contributed by atoms with Gasteiger partial charge in [-0.15, -0.1) is 0 Å². The standard InChI is InChI=1S/C14H14ClN3O/c15-12-6-10(2-1-8(12)7-16)18-14(19)11-5-9-3-4-13(11)17-9/h1-2,6,9,11,13,17H,3-5H2,(H,18,19).